The SMILES string of the molecule is C/C(C=Nc1ccc(OC(F)(F)F)cc1)=C/c1ccccc1. The Morgan fingerprint density at radius 1 is 1.00 bits per heavy atom. The molecule has 0 bridgehead atoms. The number of benzene rings is 2. The van der Waals surface area contributed by atoms with E-state index in [1.165, 1.54) is 24.3 Å². The molecule has 2 aromatic carbocycles. The second kappa shape index (κ2) is 6.93. The number of ether oxygens (including phenoxy) is 1. The van der Waals surface area contributed by atoms with E-state index in [2.05, 4.69) is 9.73 Å². The van der Waals surface area contributed by atoms with Gasteiger partial charge in [-0.25, -0.2) is 0 Å². The van der Waals surface area contributed by atoms with E-state index in [1.54, 1.807) is 6.21 Å². The van der Waals surface area contributed by atoms with Gasteiger partial charge in [0.1, 0.15) is 5.75 Å². The fourth-order valence-corrected chi connectivity index (χ4v) is 1.76. The number of allylic oxidation sites excluding steroid dienone is 1. The highest BCUT2D eigenvalue weighted by atomic mass is 19.4. The van der Waals surface area contributed by atoms with Crippen LogP contribution in [0, 0.1) is 0 Å². The summed E-state index contributed by atoms with van der Waals surface area (Å²) in [4.78, 5) is 4.21. The fourth-order valence-electron chi connectivity index (χ4n) is 1.76. The number of hydrogen-bond donors (Lipinski definition) is 0. The molecule has 0 aliphatic heterocycles. The maximum Gasteiger partial charge on any atom is 0.573 e. The van der Waals surface area contributed by atoms with Crippen LogP contribution in [0.15, 0.2) is 65.2 Å². The first-order valence-electron chi connectivity index (χ1n) is 6.56. The van der Waals surface area contributed by atoms with Crippen molar-refractivity contribution in [3.8, 4) is 5.75 Å². The molecule has 0 saturated carbocycles. The van der Waals surface area contributed by atoms with Gasteiger partial charge in [-0.3, -0.25) is 4.99 Å². The zero-order valence-corrected chi connectivity index (χ0v) is 11.8. The Kier molecular flexibility index (Phi) is 4.99. The summed E-state index contributed by atoms with van der Waals surface area (Å²) in [5, 5.41) is 0. The van der Waals surface area contributed by atoms with Crippen LogP contribution in [0.2, 0.25) is 0 Å². The topological polar surface area (TPSA) is 21.6 Å². The lowest BCUT2D eigenvalue weighted by Crippen LogP contribution is -2.16. The van der Waals surface area contributed by atoms with Gasteiger partial charge < -0.3 is 4.74 Å². The van der Waals surface area contributed by atoms with Gasteiger partial charge in [-0.1, -0.05) is 36.4 Å². The predicted octanol–water partition coefficient (Wildman–Crippen LogP) is 5.39. The lowest BCUT2D eigenvalue weighted by molar-refractivity contribution is -0.274. The maximum atomic E-state index is 12.0. The number of aliphatic imine (C=N–C) groups is 1. The van der Waals surface area contributed by atoms with Crippen molar-refractivity contribution in [3.05, 3.63) is 65.7 Å². The molecule has 0 aliphatic rings. The third-order valence-corrected chi connectivity index (χ3v) is 2.68. The van der Waals surface area contributed by atoms with Gasteiger partial charge in [0.05, 0.1) is 5.69 Å². The minimum Gasteiger partial charge on any atom is -0.406 e. The second-order valence-corrected chi connectivity index (χ2v) is 4.60. The van der Waals surface area contributed by atoms with E-state index in [-0.39, 0.29) is 5.75 Å². The van der Waals surface area contributed by atoms with Crippen molar-refractivity contribution in [2.24, 2.45) is 4.99 Å². The molecule has 0 radical (unpaired) electrons. The van der Waals surface area contributed by atoms with Crippen molar-refractivity contribution in [1.29, 1.82) is 0 Å². The van der Waals surface area contributed by atoms with E-state index in [1.807, 2.05) is 43.3 Å². The highest BCUT2D eigenvalue weighted by Gasteiger charge is 2.30. The average Bonchev–Trinajstić information content (AvgIpc) is 2.46. The predicted molar refractivity (Wildman–Crippen MR) is 81.4 cm³/mol. The van der Waals surface area contributed by atoms with Crippen molar-refractivity contribution in [2.45, 2.75) is 13.3 Å². The van der Waals surface area contributed by atoms with E-state index in [4.69, 9.17) is 0 Å². The normalized spacial score (nSPS) is 12.6. The second-order valence-electron chi connectivity index (χ2n) is 4.60. The largest absolute Gasteiger partial charge is 0.573 e. The van der Waals surface area contributed by atoms with Crippen LogP contribution in [0.3, 0.4) is 0 Å². The van der Waals surface area contributed by atoms with Gasteiger partial charge in [0.15, 0.2) is 0 Å². The van der Waals surface area contributed by atoms with Crippen molar-refractivity contribution in [3.63, 3.8) is 0 Å². The van der Waals surface area contributed by atoms with Gasteiger partial charge in [0, 0.05) is 6.21 Å². The van der Waals surface area contributed by atoms with Gasteiger partial charge in [-0.05, 0) is 42.3 Å². The quantitative estimate of drug-likeness (QED) is 0.694. The maximum absolute atomic E-state index is 12.0. The molecule has 2 rings (SSSR count). The molecule has 0 aromatic heterocycles. The monoisotopic (exact) mass is 305 g/mol. The van der Waals surface area contributed by atoms with E-state index in [0.717, 1.165) is 11.1 Å². The van der Waals surface area contributed by atoms with Gasteiger partial charge in [-0.2, -0.15) is 0 Å². The summed E-state index contributed by atoms with van der Waals surface area (Å²) in [7, 11) is 0. The van der Waals surface area contributed by atoms with Crippen LogP contribution in [0.1, 0.15) is 12.5 Å². The molecule has 0 fully saturated rings. The molecule has 2 nitrogen and oxygen atoms in total. The molecule has 0 aliphatic carbocycles. The van der Waals surface area contributed by atoms with Crippen LogP contribution >= 0.6 is 0 Å². The molecule has 5 heteroatoms. The summed E-state index contributed by atoms with van der Waals surface area (Å²) in [5.41, 5.74) is 2.54. The Hall–Kier alpha value is -2.56. The van der Waals surface area contributed by atoms with Crippen LogP contribution in [0.5, 0.6) is 5.75 Å². The molecule has 0 saturated heterocycles. The number of alkyl halides is 3. The first kappa shape index (κ1) is 15.8. The summed E-state index contributed by atoms with van der Waals surface area (Å²) >= 11 is 0. The minimum absolute atomic E-state index is 0.261. The van der Waals surface area contributed by atoms with Crippen molar-refractivity contribution >= 4 is 18.0 Å². The number of hydrogen-bond acceptors (Lipinski definition) is 2. The minimum atomic E-state index is -4.68. The summed E-state index contributed by atoms with van der Waals surface area (Å²) in [5.74, 6) is -0.261. The van der Waals surface area contributed by atoms with Crippen LogP contribution in [-0.4, -0.2) is 12.6 Å². The molecule has 114 valence electrons. The van der Waals surface area contributed by atoms with Crippen LogP contribution in [0.4, 0.5) is 18.9 Å². The molecular weight excluding hydrogens is 291 g/mol. The van der Waals surface area contributed by atoms with Crippen LogP contribution in [-0.2, 0) is 0 Å². The Labute approximate surface area is 126 Å². The van der Waals surface area contributed by atoms with E-state index in [0.29, 0.717) is 5.69 Å². The molecule has 2 aromatic rings. The Bertz CT molecular complexity index is 659. The molecular formula is C17H14F3NO. The molecule has 0 heterocycles. The van der Waals surface area contributed by atoms with E-state index < -0.39 is 6.36 Å². The first-order chi connectivity index (χ1) is 10.4. The lowest BCUT2D eigenvalue weighted by Gasteiger charge is -2.08. The molecule has 22 heavy (non-hydrogen) atoms. The summed E-state index contributed by atoms with van der Waals surface area (Å²) < 4.78 is 39.9. The first-order valence-corrected chi connectivity index (χ1v) is 6.56. The summed E-state index contributed by atoms with van der Waals surface area (Å²) in [6.07, 6.45) is -1.06. The Morgan fingerprint density at radius 2 is 1.64 bits per heavy atom. The highest BCUT2D eigenvalue weighted by Crippen LogP contribution is 2.24. The zero-order chi connectivity index (χ0) is 16.0. The standard InChI is InChI=1S/C17H14F3NO/c1-13(11-14-5-3-2-4-6-14)12-21-15-7-9-16(10-8-15)22-17(18,19)20/h2-12H,1H3/b13-11-,21-12?. The summed E-state index contributed by atoms with van der Waals surface area (Å²) in [6, 6.07) is 15.2. The van der Waals surface area contributed by atoms with Crippen molar-refractivity contribution < 1.29 is 17.9 Å². The summed E-state index contributed by atoms with van der Waals surface area (Å²) in [6.45, 7) is 1.90. The van der Waals surface area contributed by atoms with Gasteiger partial charge >= 0.3 is 6.36 Å². The fraction of sp³-hybridized carbons (Fsp3) is 0.118. The Morgan fingerprint density at radius 3 is 2.23 bits per heavy atom. The molecule has 0 unspecified atom stereocenters. The molecule has 0 spiro atoms. The van der Waals surface area contributed by atoms with Crippen molar-refractivity contribution in [1.82, 2.24) is 0 Å². The molecule has 0 atom stereocenters. The lowest BCUT2D eigenvalue weighted by atomic mass is 10.1. The van der Waals surface area contributed by atoms with Gasteiger partial charge in [0.2, 0.25) is 0 Å². The van der Waals surface area contributed by atoms with Gasteiger partial charge in [0.25, 0.3) is 0 Å². The smallest absolute Gasteiger partial charge is 0.406 e. The van der Waals surface area contributed by atoms with Crippen molar-refractivity contribution in [2.75, 3.05) is 0 Å². The highest BCUT2D eigenvalue weighted by molar-refractivity contribution is 5.86. The van der Waals surface area contributed by atoms with E-state index in [9.17, 15) is 13.2 Å². The number of nitrogens with zero attached hydrogens (tertiary/aromatic N) is 1. The number of halogens is 3. The van der Waals surface area contributed by atoms with Crippen LogP contribution < -0.4 is 4.74 Å². The van der Waals surface area contributed by atoms with Crippen LogP contribution in [0.25, 0.3) is 6.08 Å². The molecule has 0 amide bonds. The molecule has 0 N–H and O–H groups in total. The third-order valence-electron chi connectivity index (χ3n) is 2.68. The zero-order valence-electron chi connectivity index (χ0n) is 11.8. The van der Waals surface area contributed by atoms with E-state index >= 15 is 0 Å². The third kappa shape index (κ3) is 5.44. The Balaban J connectivity index is 2.02. The average molecular weight is 305 g/mol. The van der Waals surface area contributed by atoms with Gasteiger partial charge in [-0.15, -0.1) is 13.2 Å². The number of rotatable bonds is 4.